The number of amides is 3. The second-order valence-corrected chi connectivity index (χ2v) is 5.67. The standard InChI is InChI=1S/C16H20F3N3O2/c1-2-11-5-3-4-6-12(11)9-20-15(24)21-13-7-8-22(14(13)23)10-16(17,18)19/h3-6,13H,2,7-10H2,1H3,(H2,20,21,24)/t13-/m1/s1. The Morgan fingerprint density at radius 1 is 1.29 bits per heavy atom. The highest BCUT2D eigenvalue weighted by Crippen LogP contribution is 2.20. The molecule has 8 heteroatoms. The number of likely N-dealkylation sites (tertiary alicyclic amines) is 1. The van der Waals surface area contributed by atoms with Gasteiger partial charge in [0.05, 0.1) is 0 Å². The van der Waals surface area contributed by atoms with Crippen LogP contribution < -0.4 is 10.6 Å². The fourth-order valence-corrected chi connectivity index (χ4v) is 2.71. The predicted molar refractivity (Wildman–Crippen MR) is 82.2 cm³/mol. The number of carbonyl (C=O) groups excluding carboxylic acids is 2. The molecule has 0 bridgehead atoms. The van der Waals surface area contributed by atoms with Crippen molar-refractivity contribution < 1.29 is 22.8 Å². The second kappa shape index (κ2) is 7.55. The van der Waals surface area contributed by atoms with Gasteiger partial charge in [0, 0.05) is 13.1 Å². The molecular weight excluding hydrogens is 323 g/mol. The molecule has 0 aromatic heterocycles. The first kappa shape index (κ1) is 18.1. The van der Waals surface area contributed by atoms with Crippen molar-refractivity contribution in [1.29, 1.82) is 0 Å². The molecule has 0 spiro atoms. The first-order valence-corrected chi connectivity index (χ1v) is 7.77. The molecular formula is C16H20F3N3O2. The van der Waals surface area contributed by atoms with Gasteiger partial charge in [-0.1, -0.05) is 31.2 Å². The summed E-state index contributed by atoms with van der Waals surface area (Å²) in [5.41, 5.74) is 2.07. The van der Waals surface area contributed by atoms with Gasteiger partial charge in [0.25, 0.3) is 0 Å². The van der Waals surface area contributed by atoms with Crippen LogP contribution in [-0.2, 0) is 17.8 Å². The topological polar surface area (TPSA) is 61.4 Å². The zero-order valence-corrected chi connectivity index (χ0v) is 13.3. The predicted octanol–water partition coefficient (Wildman–Crippen LogP) is 2.21. The highest BCUT2D eigenvalue weighted by atomic mass is 19.4. The number of nitrogens with zero attached hydrogens (tertiary/aromatic N) is 1. The van der Waals surface area contributed by atoms with Crippen LogP contribution in [0.3, 0.4) is 0 Å². The van der Waals surface area contributed by atoms with Gasteiger partial charge in [0.15, 0.2) is 0 Å². The molecule has 24 heavy (non-hydrogen) atoms. The monoisotopic (exact) mass is 343 g/mol. The molecule has 1 saturated heterocycles. The molecule has 1 aromatic carbocycles. The number of aryl methyl sites for hydroxylation is 1. The lowest BCUT2D eigenvalue weighted by atomic mass is 10.1. The fourth-order valence-electron chi connectivity index (χ4n) is 2.71. The van der Waals surface area contributed by atoms with E-state index in [0.717, 1.165) is 22.4 Å². The summed E-state index contributed by atoms with van der Waals surface area (Å²) >= 11 is 0. The molecule has 1 fully saturated rings. The van der Waals surface area contributed by atoms with Gasteiger partial charge in [-0.3, -0.25) is 4.79 Å². The van der Waals surface area contributed by atoms with E-state index in [9.17, 15) is 22.8 Å². The zero-order valence-electron chi connectivity index (χ0n) is 13.3. The average Bonchev–Trinajstić information content (AvgIpc) is 2.84. The van der Waals surface area contributed by atoms with Crippen LogP contribution in [0.4, 0.5) is 18.0 Å². The van der Waals surface area contributed by atoms with Crippen LogP contribution in [0.5, 0.6) is 0 Å². The summed E-state index contributed by atoms with van der Waals surface area (Å²) in [5, 5.41) is 5.08. The maximum atomic E-state index is 12.4. The maximum absolute atomic E-state index is 12.4. The second-order valence-electron chi connectivity index (χ2n) is 5.67. The Balaban J connectivity index is 1.84. The first-order valence-electron chi connectivity index (χ1n) is 7.77. The van der Waals surface area contributed by atoms with Crippen molar-refractivity contribution in [2.45, 2.75) is 38.5 Å². The number of halogens is 3. The highest BCUT2D eigenvalue weighted by Gasteiger charge is 2.39. The van der Waals surface area contributed by atoms with Crippen molar-refractivity contribution >= 4 is 11.9 Å². The third-order valence-electron chi connectivity index (χ3n) is 3.91. The summed E-state index contributed by atoms with van der Waals surface area (Å²) in [5.74, 6) is -0.698. The third-order valence-corrected chi connectivity index (χ3v) is 3.91. The van der Waals surface area contributed by atoms with Crippen molar-refractivity contribution in [1.82, 2.24) is 15.5 Å². The van der Waals surface area contributed by atoms with Gasteiger partial charge >= 0.3 is 12.2 Å². The van der Waals surface area contributed by atoms with Crippen molar-refractivity contribution in [2.75, 3.05) is 13.1 Å². The molecule has 2 rings (SSSR count). The normalized spacial score (nSPS) is 17.9. The number of urea groups is 1. The molecule has 0 saturated carbocycles. The molecule has 1 aliphatic rings. The minimum atomic E-state index is -4.43. The van der Waals surface area contributed by atoms with E-state index in [1.54, 1.807) is 0 Å². The lowest BCUT2D eigenvalue weighted by Gasteiger charge is -2.19. The maximum Gasteiger partial charge on any atom is 0.406 e. The molecule has 1 atom stereocenters. The van der Waals surface area contributed by atoms with Gasteiger partial charge in [-0.15, -0.1) is 0 Å². The van der Waals surface area contributed by atoms with E-state index in [1.165, 1.54) is 0 Å². The summed E-state index contributed by atoms with van der Waals surface area (Å²) in [7, 11) is 0. The smallest absolute Gasteiger partial charge is 0.334 e. The largest absolute Gasteiger partial charge is 0.406 e. The Labute approximate surface area is 138 Å². The van der Waals surface area contributed by atoms with E-state index in [0.29, 0.717) is 6.54 Å². The Hall–Kier alpha value is -2.25. The fraction of sp³-hybridized carbons (Fsp3) is 0.500. The molecule has 2 N–H and O–H groups in total. The highest BCUT2D eigenvalue weighted by molar-refractivity contribution is 5.88. The van der Waals surface area contributed by atoms with Crippen molar-refractivity contribution in [3.8, 4) is 0 Å². The van der Waals surface area contributed by atoms with E-state index >= 15 is 0 Å². The first-order chi connectivity index (χ1) is 11.3. The number of carbonyl (C=O) groups is 2. The number of benzene rings is 1. The van der Waals surface area contributed by atoms with Gasteiger partial charge in [0.2, 0.25) is 5.91 Å². The van der Waals surface area contributed by atoms with Crippen LogP contribution in [0.1, 0.15) is 24.5 Å². The van der Waals surface area contributed by atoms with Gasteiger partial charge in [-0.2, -0.15) is 13.2 Å². The van der Waals surface area contributed by atoms with Crippen LogP contribution in [0, 0.1) is 0 Å². The summed E-state index contributed by atoms with van der Waals surface area (Å²) in [6, 6.07) is 6.16. The van der Waals surface area contributed by atoms with Crippen LogP contribution in [0.15, 0.2) is 24.3 Å². The van der Waals surface area contributed by atoms with Crippen LogP contribution in [0.25, 0.3) is 0 Å². The summed E-state index contributed by atoms with van der Waals surface area (Å²) < 4.78 is 37.1. The number of rotatable bonds is 5. The summed E-state index contributed by atoms with van der Waals surface area (Å²) in [6.07, 6.45) is -3.43. The molecule has 132 valence electrons. The van der Waals surface area contributed by atoms with E-state index in [2.05, 4.69) is 10.6 Å². The van der Waals surface area contributed by atoms with Gasteiger partial charge in [-0.25, -0.2) is 4.79 Å². The van der Waals surface area contributed by atoms with E-state index in [-0.39, 0.29) is 13.0 Å². The van der Waals surface area contributed by atoms with Gasteiger partial charge in [0.1, 0.15) is 12.6 Å². The van der Waals surface area contributed by atoms with Crippen molar-refractivity contribution in [3.63, 3.8) is 0 Å². The van der Waals surface area contributed by atoms with Gasteiger partial charge in [-0.05, 0) is 24.0 Å². The SMILES string of the molecule is CCc1ccccc1CNC(=O)N[C@@H]1CCN(CC(F)(F)F)C1=O. The number of hydrogen-bond donors (Lipinski definition) is 2. The molecule has 0 aliphatic carbocycles. The van der Waals surface area contributed by atoms with Crippen LogP contribution in [-0.4, -0.2) is 42.1 Å². The molecule has 0 unspecified atom stereocenters. The quantitative estimate of drug-likeness (QED) is 0.861. The lowest BCUT2D eigenvalue weighted by molar-refractivity contribution is -0.157. The number of hydrogen-bond acceptors (Lipinski definition) is 2. The Morgan fingerprint density at radius 3 is 2.58 bits per heavy atom. The zero-order chi connectivity index (χ0) is 17.7. The van der Waals surface area contributed by atoms with Gasteiger partial charge < -0.3 is 15.5 Å². The lowest BCUT2D eigenvalue weighted by Crippen LogP contribution is -2.47. The minimum absolute atomic E-state index is 0.0119. The molecule has 1 aromatic rings. The number of alkyl halides is 3. The summed E-state index contributed by atoms with van der Waals surface area (Å²) in [6.45, 7) is 1.01. The van der Waals surface area contributed by atoms with Crippen molar-refractivity contribution in [3.05, 3.63) is 35.4 Å². The Kier molecular flexibility index (Phi) is 5.69. The minimum Gasteiger partial charge on any atom is -0.334 e. The van der Waals surface area contributed by atoms with E-state index in [1.807, 2.05) is 31.2 Å². The Morgan fingerprint density at radius 2 is 1.96 bits per heavy atom. The average molecular weight is 343 g/mol. The molecule has 3 amide bonds. The Bertz CT molecular complexity index is 604. The number of nitrogens with one attached hydrogen (secondary N) is 2. The van der Waals surface area contributed by atoms with E-state index in [4.69, 9.17) is 0 Å². The van der Waals surface area contributed by atoms with E-state index < -0.39 is 30.7 Å². The van der Waals surface area contributed by atoms with Crippen LogP contribution >= 0.6 is 0 Å². The molecule has 1 heterocycles. The van der Waals surface area contributed by atoms with Crippen LogP contribution in [0.2, 0.25) is 0 Å². The van der Waals surface area contributed by atoms with Crippen molar-refractivity contribution in [2.24, 2.45) is 0 Å². The molecule has 5 nitrogen and oxygen atoms in total. The molecule has 1 aliphatic heterocycles. The summed E-state index contributed by atoms with van der Waals surface area (Å²) in [4.78, 5) is 24.5. The molecule has 0 radical (unpaired) electrons. The third kappa shape index (κ3) is 4.87.